The van der Waals surface area contributed by atoms with Gasteiger partial charge in [-0.25, -0.2) is 9.78 Å². The molecule has 0 aliphatic carbocycles. The van der Waals surface area contributed by atoms with Crippen molar-refractivity contribution in [1.82, 2.24) is 9.38 Å². The summed E-state index contributed by atoms with van der Waals surface area (Å²) in [4.78, 5) is 16.2. The first-order valence-electron chi connectivity index (χ1n) is 9.34. The molecule has 0 saturated carbocycles. The Kier molecular flexibility index (Phi) is 4.88. The average molecular weight is 407 g/mol. The number of fused-ring (bicyclic) bond motifs is 1. The van der Waals surface area contributed by atoms with E-state index in [2.05, 4.69) is 37.9 Å². The lowest BCUT2D eigenvalue weighted by Crippen LogP contribution is -2.11. The molecule has 0 radical (unpaired) electrons. The average Bonchev–Trinajstić information content (AvgIpc) is 3.27. The molecule has 0 aliphatic heterocycles. The lowest BCUT2D eigenvalue weighted by atomic mass is 9.86. The summed E-state index contributed by atoms with van der Waals surface area (Å²) >= 11 is 1.42. The Morgan fingerprint density at radius 1 is 1.17 bits per heavy atom. The lowest BCUT2D eigenvalue weighted by molar-refractivity contribution is 0.0691. The molecule has 6 heteroatoms. The van der Waals surface area contributed by atoms with Gasteiger partial charge in [-0.2, -0.15) is 0 Å². The van der Waals surface area contributed by atoms with E-state index in [0.717, 1.165) is 22.6 Å². The molecule has 0 spiro atoms. The van der Waals surface area contributed by atoms with Gasteiger partial charge in [0.05, 0.1) is 5.69 Å². The van der Waals surface area contributed by atoms with E-state index in [1.165, 1.54) is 16.9 Å². The number of ether oxygens (including phenoxy) is 1. The molecule has 2 heterocycles. The van der Waals surface area contributed by atoms with Crippen LogP contribution in [0.1, 0.15) is 42.4 Å². The van der Waals surface area contributed by atoms with Crippen molar-refractivity contribution < 1.29 is 14.6 Å². The van der Waals surface area contributed by atoms with Gasteiger partial charge in [-0.15, -0.1) is 11.3 Å². The monoisotopic (exact) mass is 406 g/mol. The fourth-order valence-electron chi connectivity index (χ4n) is 3.14. The molecule has 1 N–H and O–H groups in total. The zero-order chi connectivity index (χ0) is 20.6. The maximum atomic E-state index is 11.3. The Bertz CT molecular complexity index is 1170. The molecule has 148 valence electrons. The van der Waals surface area contributed by atoms with Crippen molar-refractivity contribution in [3.05, 3.63) is 76.9 Å². The summed E-state index contributed by atoms with van der Waals surface area (Å²) in [5.41, 5.74) is 4.08. The summed E-state index contributed by atoms with van der Waals surface area (Å²) in [6, 6.07) is 16.2. The second-order valence-electron chi connectivity index (χ2n) is 7.94. The van der Waals surface area contributed by atoms with Gasteiger partial charge in [0, 0.05) is 17.1 Å². The van der Waals surface area contributed by atoms with Crippen LogP contribution in [0.25, 0.3) is 16.2 Å². The van der Waals surface area contributed by atoms with Gasteiger partial charge in [0.15, 0.2) is 10.7 Å². The molecule has 29 heavy (non-hydrogen) atoms. The molecular formula is C23H22N2O3S. The summed E-state index contributed by atoms with van der Waals surface area (Å²) in [5.74, 6) is -0.275. The van der Waals surface area contributed by atoms with Gasteiger partial charge in [0.25, 0.3) is 0 Å². The van der Waals surface area contributed by atoms with Crippen LogP contribution < -0.4 is 4.74 Å². The number of rotatable bonds is 5. The van der Waals surface area contributed by atoms with Crippen molar-refractivity contribution in [3.63, 3.8) is 0 Å². The molecule has 4 aromatic rings. The van der Waals surface area contributed by atoms with Crippen LogP contribution in [0.3, 0.4) is 0 Å². The molecule has 0 aliphatic rings. The van der Waals surface area contributed by atoms with Crippen LogP contribution in [0, 0.1) is 0 Å². The van der Waals surface area contributed by atoms with E-state index < -0.39 is 5.97 Å². The van der Waals surface area contributed by atoms with Crippen LogP contribution >= 0.6 is 11.3 Å². The van der Waals surface area contributed by atoms with Crippen LogP contribution in [0.2, 0.25) is 0 Å². The third-order valence-electron chi connectivity index (χ3n) is 4.79. The molecule has 2 aromatic heterocycles. The van der Waals surface area contributed by atoms with Crippen molar-refractivity contribution in [2.45, 2.75) is 32.8 Å². The number of benzene rings is 2. The Balaban J connectivity index is 1.80. The highest BCUT2D eigenvalue weighted by molar-refractivity contribution is 7.15. The molecule has 2 aromatic carbocycles. The highest BCUT2D eigenvalue weighted by atomic mass is 32.1. The first-order chi connectivity index (χ1) is 13.8. The number of thiazole rings is 1. The van der Waals surface area contributed by atoms with E-state index in [0.29, 0.717) is 11.6 Å². The molecule has 0 amide bonds. The van der Waals surface area contributed by atoms with Gasteiger partial charge in [-0.05, 0) is 28.7 Å². The Hall–Kier alpha value is -3.12. The lowest BCUT2D eigenvalue weighted by Gasteiger charge is -2.21. The molecule has 0 saturated heterocycles. The number of carboxylic acids is 1. The standard InChI is InChI=1S/C23H22N2O3S/c1-23(2,3)16-9-10-20(28-13-15-7-5-4-6-8-15)17(11-16)19-14-29-22-24-18(21(26)27)12-25(19)22/h4-12,14H,13H2,1-3H3,(H,26,27). The number of aromatic carboxylic acids is 1. The first kappa shape index (κ1) is 19.2. The normalized spacial score (nSPS) is 11.7. The van der Waals surface area contributed by atoms with Gasteiger partial charge in [0.2, 0.25) is 0 Å². The van der Waals surface area contributed by atoms with Gasteiger partial charge in [-0.1, -0.05) is 57.2 Å². The number of aromatic nitrogens is 2. The predicted octanol–water partition coefficient (Wildman–Crippen LogP) is 5.64. The third-order valence-corrected chi connectivity index (χ3v) is 5.63. The van der Waals surface area contributed by atoms with E-state index in [1.807, 2.05) is 46.2 Å². The van der Waals surface area contributed by atoms with Crippen molar-refractivity contribution in [2.24, 2.45) is 0 Å². The highest BCUT2D eigenvalue weighted by Crippen LogP contribution is 2.37. The maximum Gasteiger partial charge on any atom is 0.356 e. The van der Waals surface area contributed by atoms with Crippen LogP contribution in [-0.2, 0) is 12.0 Å². The summed E-state index contributed by atoms with van der Waals surface area (Å²) in [6.07, 6.45) is 1.56. The van der Waals surface area contributed by atoms with E-state index in [1.54, 1.807) is 6.20 Å². The molecule has 5 nitrogen and oxygen atoms in total. The second-order valence-corrected chi connectivity index (χ2v) is 8.78. The summed E-state index contributed by atoms with van der Waals surface area (Å²) in [7, 11) is 0. The van der Waals surface area contributed by atoms with Gasteiger partial charge >= 0.3 is 5.97 Å². The maximum absolute atomic E-state index is 11.3. The Morgan fingerprint density at radius 3 is 2.62 bits per heavy atom. The number of imidazole rings is 1. The van der Waals surface area contributed by atoms with E-state index >= 15 is 0 Å². The fourth-order valence-corrected chi connectivity index (χ4v) is 4.01. The third kappa shape index (κ3) is 3.89. The minimum Gasteiger partial charge on any atom is -0.488 e. The fraction of sp³-hybridized carbons (Fsp3) is 0.217. The van der Waals surface area contributed by atoms with Gasteiger partial charge in [-0.3, -0.25) is 4.40 Å². The molecular weight excluding hydrogens is 384 g/mol. The predicted molar refractivity (Wildman–Crippen MR) is 115 cm³/mol. The van der Waals surface area contributed by atoms with Crippen LogP contribution in [0.15, 0.2) is 60.1 Å². The second kappa shape index (κ2) is 7.37. The number of hydrogen-bond acceptors (Lipinski definition) is 4. The minimum atomic E-state index is -1.03. The highest BCUT2D eigenvalue weighted by Gasteiger charge is 2.20. The molecule has 0 unspecified atom stereocenters. The quantitative estimate of drug-likeness (QED) is 0.466. The van der Waals surface area contributed by atoms with Crippen molar-refractivity contribution >= 4 is 22.3 Å². The Morgan fingerprint density at radius 2 is 1.93 bits per heavy atom. The van der Waals surface area contributed by atoms with E-state index in [-0.39, 0.29) is 11.1 Å². The van der Waals surface area contributed by atoms with E-state index in [4.69, 9.17) is 4.74 Å². The molecule has 4 rings (SSSR count). The van der Waals surface area contributed by atoms with E-state index in [9.17, 15) is 9.90 Å². The van der Waals surface area contributed by atoms with Crippen LogP contribution in [0.4, 0.5) is 0 Å². The molecule has 0 atom stereocenters. The zero-order valence-electron chi connectivity index (χ0n) is 16.5. The van der Waals surface area contributed by atoms with Gasteiger partial charge < -0.3 is 9.84 Å². The molecule has 0 fully saturated rings. The minimum absolute atomic E-state index is 0.0248. The van der Waals surface area contributed by atoms with Crippen molar-refractivity contribution in [2.75, 3.05) is 0 Å². The number of carbonyl (C=O) groups is 1. The smallest absolute Gasteiger partial charge is 0.356 e. The topological polar surface area (TPSA) is 63.8 Å². The number of hydrogen-bond donors (Lipinski definition) is 1. The summed E-state index contributed by atoms with van der Waals surface area (Å²) < 4.78 is 8.00. The molecule has 0 bridgehead atoms. The summed E-state index contributed by atoms with van der Waals surface area (Å²) in [5, 5.41) is 11.3. The largest absolute Gasteiger partial charge is 0.488 e. The van der Waals surface area contributed by atoms with Gasteiger partial charge in [0.1, 0.15) is 12.4 Å². The Labute approximate surface area is 173 Å². The van der Waals surface area contributed by atoms with Crippen LogP contribution in [-0.4, -0.2) is 20.5 Å². The SMILES string of the molecule is CC(C)(C)c1ccc(OCc2ccccc2)c(-c2csc3nc(C(=O)O)cn23)c1. The number of carboxylic acid groups (broad SMARTS) is 1. The van der Waals surface area contributed by atoms with Crippen molar-refractivity contribution in [3.8, 4) is 17.0 Å². The van der Waals surface area contributed by atoms with Crippen molar-refractivity contribution in [1.29, 1.82) is 0 Å². The first-order valence-corrected chi connectivity index (χ1v) is 10.2. The van der Waals surface area contributed by atoms with Crippen LogP contribution in [0.5, 0.6) is 5.75 Å². The summed E-state index contributed by atoms with van der Waals surface area (Å²) in [6.45, 7) is 6.96. The zero-order valence-corrected chi connectivity index (χ0v) is 17.4. The number of nitrogens with zero attached hydrogens (tertiary/aromatic N) is 2.